The molecule has 1 unspecified atom stereocenters. The number of H-pyrrole nitrogens is 1. The fourth-order valence-corrected chi connectivity index (χ4v) is 1.79. The van der Waals surface area contributed by atoms with Gasteiger partial charge in [0.25, 0.3) is 0 Å². The van der Waals surface area contributed by atoms with Crippen LogP contribution in [-0.4, -0.2) is 11.0 Å². The smallest absolute Gasteiger partial charge is 0.144 e. The summed E-state index contributed by atoms with van der Waals surface area (Å²) in [5, 5.41) is 1.17. The fraction of sp³-hybridized carbons (Fsp3) is 0. The van der Waals surface area contributed by atoms with Crippen LogP contribution >= 0.6 is 8.58 Å². The summed E-state index contributed by atoms with van der Waals surface area (Å²) in [5.41, 5.74) is 2.10. The Balaban J connectivity index is 2.54. The van der Waals surface area contributed by atoms with E-state index in [0.717, 1.165) is 17.0 Å². The quantitative estimate of drug-likeness (QED) is 0.549. The molecule has 2 rings (SSSR count). The van der Waals surface area contributed by atoms with Crippen molar-refractivity contribution in [2.75, 3.05) is 0 Å². The zero-order valence-corrected chi connectivity index (χ0v) is 7.37. The van der Waals surface area contributed by atoms with Gasteiger partial charge in [-0.25, -0.2) is 0 Å². The fourth-order valence-electron chi connectivity index (χ4n) is 1.21. The molecule has 0 amide bonds. The first-order chi connectivity index (χ1) is 5.90. The molecule has 0 fully saturated rings. The normalized spacial score (nSPS) is 11.3. The van der Waals surface area contributed by atoms with Crippen LogP contribution < -0.4 is 5.44 Å². The SMILES string of the molecule is O=CPc1cc2ccccc2[nH]1. The molecule has 0 aliphatic heterocycles. The summed E-state index contributed by atoms with van der Waals surface area (Å²) in [6.45, 7) is 0. The van der Waals surface area contributed by atoms with Crippen molar-refractivity contribution in [2.45, 2.75) is 0 Å². The zero-order chi connectivity index (χ0) is 8.39. The highest BCUT2D eigenvalue weighted by Gasteiger charge is 1.97. The monoisotopic (exact) mass is 177 g/mol. The number of benzene rings is 1. The van der Waals surface area contributed by atoms with Gasteiger partial charge < -0.3 is 4.98 Å². The van der Waals surface area contributed by atoms with Gasteiger partial charge in [0, 0.05) is 16.3 Å². The summed E-state index contributed by atoms with van der Waals surface area (Å²) in [7, 11) is 0.234. The average Bonchev–Trinajstić information content (AvgIpc) is 2.47. The van der Waals surface area contributed by atoms with E-state index in [-0.39, 0.29) is 8.58 Å². The number of para-hydroxylation sites is 1. The van der Waals surface area contributed by atoms with Gasteiger partial charge in [-0.2, -0.15) is 0 Å². The zero-order valence-electron chi connectivity index (χ0n) is 6.37. The van der Waals surface area contributed by atoms with E-state index >= 15 is 0 Å². The number of hydrogen-bond acceptors (Lipinski definition) is 1. The predicted octanol–water partition coefficient (Wildman–Crippen LogP) is 1.66. The molecule has 1 atom stereocenters. The first kappa shape index (κ1) is 7.51. The highest BCUT2D eigenvalue weighted by Crippen LogP contribution is 2.13. The molecule has 0 aliphatic rings. The Labute approximate surface area is 71.8 Å². The van der Waals surface area contributed by atoms with Gasteiger partial charge in [0.2, 0.25) is 0 Å². The maximum Gasteiger partial charge on any atom is 0.144 e. The lowest BCUT2D eigenvalue weighted by molar-refractivity contribution is 0.569. The molecule has 1 aromatic heterocycles. The van der Waals surface area contributed by atoms with E-state index in [1.165, 1.54) is 5.39 Å². The second kappa shape index (κ2) is 3.08. The first-order valence-corrected chi connectivity index (χ1v) is 4.76. The minimum atomic E-state index is 0.234. The van der Waals surface area contributed by atoms with Crippen molar-refractivity contribution >= 4 is 30.9 Å². The van der Waals surface area contributed by atoms with Crippen LogP contribution in [0.25, 0.3) is 10.9 Å². The first-order valence-electron chi connectivity index (χ1n) is 3.68. The standard InChI is InChI=1S/C9H8NOP/c11-6-12-9-5-7-3-1-2-4-8(7)10-9/h1-6,10,12H. The third-order valence-corrected chi connectivity index (χ3v) is 2.44. The van der Waals surface area contributed by atoms with Crippen molar-refractivity contribution in [2.24, 2.45) is 0 Å². The lowest BCUT2D eigenvalue weighted by atomic mass is 10.3. The van der Waals surface area contributed by atoms with Crippen LogP contribution in [0, 0.1) is 0 Å². The molecule has 2 aromatic rings. The molecule has 1 aromatic carbocycles. The molecule has 1 N–H and O–H groups in total. The number of carbonyl (C=O) groups excluding carboxylic acids is 1. The lowest BCUT2D eigenvalue weighted by Crippen LogP contribution is -1.91. The van der Waals surface area contributed by atoms with Gasteiger partial charge in [0.1, 0.15) is 6.03 Å². The van der Waals surface area contributed by atoms with Crippen molar-refractivity contribution in [3.8, 4) is 0 Å². The van der Waals surface area contributed by atoms with E-state index in [4.69, 9.17) is 0 Å². The Morgan fingerprint density at radius 1 is 1.33 bits per heavy atom. The number of fused-ring (bicyclic) bond motifs is 1. The summed E-state index contributed by atoms with van der Waals surface area (Å²) >= 11 is 0. The van der Waals surface area contributed by atoms with Crippen molar-refractivity contribution < 1.29 is 4.79 Å². The Morgan fingerprint density at radius 3 is 2.92 bits per heavy atom. The Bertz CT molecular complexity index is 375. The molecule has 0 saturated carbocycles. The van der Waals surface area contributed by atoms with Gasteiger partial charge in [-0.1, -0.05) is 18.2 Å². The molecule has 0 spiro atoms. The van der Waals surface area contributed by atoms with Gasteiger partial charge in [-0.05, 0) is 20.7 Å². The van der Waals surface area contributed by atoms with Gasteiger partial charge >= 0.3 is 0 Å². The molecule has 2 nitrogen and oxygen atoms in total. The van der Waals surface area contributed by atoms with Crippen LogP contribution in [0.5, 0.6) is 0 Å². The van der Waals surface area contributed by atoms with E-state index in [9.17, 15) is 4.79 Å². The Morgan fingerprint density at radius 2 is 2.17 bits per heavy atom. The molecule has 60 valence electrons. The predicted molar refractivity (Wildman–Crippen MR) is 53.0 cm³/mol. The van der Waals surface area contributed by atoms with Crippen molar-refractivity contribution in [1.82, 2.24) is 4.98 Å². The van der Waals surface area contributed by atoms with Crippen LogP contribution in [0.15, 0.2) is 30.3 Å². The van der Waals surface area contributed by atoms with Gasteiger partial charge in [-0.3, -0.25) is 4.79 Å². The lowest BCUT2D eigenvalue weighted by Gasteiger charge is -1.84. The van der Waals surface area contributed by atoms with Crippen molar-refractivity contribution in [3.63, 3.8) is 0 Å². The van der Waals surface area contributed by atoms with E-state index in [1.54, 1.807) is 0 Å². The second-order valence-corrected chi connectivity index (χ2v) is 3.60. The number of aromatic amines is 1. The largest absolute Gasteiger partial charge is 0.355 e. The van der Waals surface area contributed by atoms with Crippen LogP contribution in [0.3, 0.4) is 0 Å². The minimum absolute atomic E-state index is 0.234. The maximum absolute atomic E-state index is 10.2. The Hall–Kier alpha value is -1.14. The highest BCUT2D eigenvalue weighted by molar-refractivity contribution is 7.62. The second-order valence-electron chi connectivity index (χ2n) is 2.53. The molecular weight excluding hydrogens is 169 g/mol. The average molecular weight is 177 g/mol. The molecule has 0 radical (unpaired) electrons. The van der Waals surface area contributed by atoms with E-state index in [0.29, 0.717) is 0 Å². The number of rotatable bonds is 2. The van der Waals surface area contributed by atoms with Crippen LogP contribution in [0.4, 0.5) is 0 Å². The van der Waals surface area contributed by atoms with Gasteiger partial charge in [0.15, 0.2) is 0 Å². The number of nitrogens with one attached hydrogen (secondary N) is 1. The number of hydrogen-bond donors (Lipinski definition) is 1. The number of aromatic nitrogens is 1. The van der Waals surface area contributed by atoms with Crippen LogP contribution in [0.1, 0.15) is 0 Å². The minimum Gasteiger partial charge on any atom is -0.355 e. The summed E-state index contributed by atoms with van der Waals surface area (Å²) in [6.07, 6.45) is 0. The third-order valence-electron chi connectivity index (χ3n) is 1.74. The highest BCUT2D eigenvalue weighted by atomic mass is 31.1. The number of carbonyl (C=O) groups is 1. The van der Waals surface area contributed by atoms with Crippen LogP contribution in [0.2, 0.25) is 0 Å². The van der Waals surface area contributed by atoms with E-state index < -0.39 is 0 Å². The van der Waals surface area contributed by atoms with Gasteiger partial charge in [-0.15, -0.1) is 0 Å². The molecule has 0 aliphatic carbocycles. The summed E-state index contributed by atoms with van der Waals surface area (Å²) in [5.74, 6) is 0. The Kier molecular flexibility index (Phi) is 1.92. The topological polar surface area (TPSA) is 32.9 Å². The third kappa shape index (κ3) is 1.26. The molecule has 12 heavy (non-hydrogen) atoms. The molecule has 0 saturated heterocycles. The molecule has 0 bridgehead atoms. The van der Waals surface area contributed by atoms with Crippen molar-refractivity contribution in [1.29, 1.82) is 0 Å². The molecular formula is C9H8NOP. The summed E-state index contributed by atoms with van der Waals surface area (Å²) in [6, 6.07) is 11.0. The van der Waals surface area contributed by atoms with Crippen LogP contribution in [-0.2, 0) is 4.79 Å². The molecule has 1 heterocycles. The molecule has 3 heteroatoms. The van der Waals surface area contributed by atoms with E-state index in [2.05, 4.69) is 4.98 Å². The van der Waals surface area contributed by atoms with Gasteiger partial charge in [0.05, 0.1) is 0 Å². The summed E-state index contributed by atoms with van der Waals surface area (Å²) in [4.78, 5) is 13.4. The maximum atomic E-state index is 10.2. The van der Waals surface area contributed by atoms with E-state index in [1.807, 2.05) is 30.3 Å². The summed E-state index contributed by atoms with van der Waals surface area (Å²) < 4.78 is 0. The van der Waals surface area contributed by atoms with Crippen molar-refractivity contribution in [3.05, 3.63) is 30.3 Å².